The average Bonchev–Trinajstić information content (AvgIpc) is 3.15. The third kappa shape index (κ3) is 5.18. The van der Waals surface area contributed by atoms with Crippen LogP contribution in [0.1, 0.15) is 72.9 Å². The number of aryl methyl sites for hydroxylation is 1. The number of carbonyl (C=O) groups excluding carboxylic acids is 1. The number of hydrogen-bond donors (Lipinski definition) is 2. The molecule has 4 rings (SSSR count). The summed E-state index contributed by atoms with van der Waals surface area (Å²) < 4.78 is 2.03. The van der Waals surface area contributed by atoms with Gasteiger partial charge in [-0.25, -0.2) is 4.68 Å². The molecule has 1 aliphatic carbocycles. The van der Waals surface area contributed by atoms with E-state index in [9.17, 15) is 9.90 Å². The quantitative estimate of drug-likeness (QED) is 0.577. The molecule has 0 radical (unpaired) electrons. The van der Waals surface area contributed by atoms with Gasteiger partial charge in [-0.15, -0.1) is 0 Å². The van der Waals surface area contributed by atoms with Gasteiger partial charge in [0.1, 0.15) is 5.60 Å². The molecular weight excluding hydrogens is 410 g/mol. The number of aliphatic hydroxyl groups is 1. The van der Waals surface area contributed by atoms with E-state index in [1.165, 1.54) is 5.56 Å². The van der Waals surface area contributed by atoms with E-state index in [-0.39, 0.29) is 17.4 Å². The van der Waals surface area contributed by atoms with Gasteiger partial charge >= 0.3 is 0 Å². The Morgan fingerprint density at radius 2 is 1.88 bits per heavy atom. The third-order valence-electron chi connectivity index (χ3n) is 5.99. The lowest BCUT2D eigenvalue weighted by Gasteiger charge is -2.36. The van der Waals surface area contributed by atoms with Crippen molar-refractivity contribution in [3.63, 3.8) is 0 Å². The zero-order chi connectivity index (χ0) is 23.8. The molecule has 3 aromatic rings. The zero-order valence-electron chi connectivity index (χ0n) is 19.9. The van der Waals surface area contributed by atoms with Crippen molar-refractivity contribution in [3.8, 4) is 17.5 Å². The minimum atomic E-state index is -1.05. The molecule has 5 heteroatoms. The van der Waals surface area contributed by atoms with Gasteiger partial charge in [0.15, 0.2) is 0 Å². The molecule has 0 fully saturated rings. The van der Waals surface area contributed by atoms with Crippen molar-refractivity contribution in [1.29, 1.82) is 0 Å². The largest absolute Gasteiger partial charge is 0.378 e. The molecule has 1 heterocycles. The van der Waals surface area contributed by atoms with Gasteiger partial charge in [-0.05, 0) is 74.9 Å². The third-order valence-corrected chi connectivity index (χ3v) is 5.99. The highest BCUT2D eigenvalue weighted by Crippen LogP contribution is 2.41. The summed E-state index contributed by atoms with van der Waals surface area (Å²) in [7, 11) is 0. The van der Waals surface area contributed by atoms with E-state index in [4.69, 9.17) is 5.10 Å². The normalized spacial score (nSPS) is 17.0. The SMILES string of the molecule is Cc1ccccc1-n1ncc2c1CC(C)(C)C[C@@H]2NC(=O)c1ccc(C#CC(C)(C)O)cc1. The number of nitrogens with zero attached hydrogens (tertiary/aromatic N) is 2. The lowest BCUT2D eigenvalue weighted by Crippen LogP contribution is -2.36. The first-order chi connectivity index (χ1) is 15.5. The molecule has 33 heavy (non-hydrogen) atoms. The molecule has 0 unspecified atom stereocenters. The fraction of sp³-hybridized carbons (Fsp3) is 0.357. The Morgan fingerprint density at radius 1 is 1.18 bits per heavy atom. The molecule has 2 aromatic carbocycles. The Bertz CT molecular complexity index is 1230. The Balaban J connectivity index is 1.59. The van der Waals surface area contributed by atoms with Gasteiger partial charge in [0.25, 0.3) is 5.91 Å². The standard InChI is InChI=1S/C28H31N3O2/c1-19-8-6-7-9-24(19)31-25-17-27(2,3)16-23(22(25)18-29-31)30-26(32)21-12-10-20(11-13-21)14-15-28(4,5)33/h6-13,18,23,33H,16-17H2,1-5H3,(H,30,32)/t23-/m0/s1. The number of carbonyl (C=O) groups is 1. The number of rotatable bonds is 3. The molecule has 0 bridgehead atoms. The molecule has 0 aliphatic heterocycles. The summed E-state index contributed by atoms with van der Waals surface area (Å²) in [6.45, 7) is 9.85. The summed E-state index contributed by atoms with van der Waals surface area (Å²) in [5, 5.41) is 17.7. The van der Waals surface area contributed by atoms with Crippen LogP contribution in [0.4, 0.5) is 0 Å². The maximum absolute atomic E-state index is 13.1. The van der Waals surface area contributed by atoms with Gasteiger partial charge in [0, 0.05) is 16.7 Å². The number of aromatic nitrogens is 2. The topological polar surface area (TPSA) is 67.2 Å². The molecule has 170 valence electrons. The van der Waals surface area contributed by atoms with Crippen LogP contribution in [0.25, 0.3) is 5.69 Å². The second-order valence-electron chi connectivity index (χ2n) is 10.2. The van der Waals surface area contributed by atoms with Crippen LogP contribution in [0, 0.1) is 24.2 Å². The fourth-order valence-electron chi connectivity index (χ4n) is 4.35. The lowest BCUT2D eigenvalue weighted by atomic mass is 9.74. The van der Waals surface area contributed by atoms with Gasteiger partial charge in [0.05, 0.1) is 23.6 Å². The number of benzene rings is 2. The summed E-state index contributed by atoms with van der Waals surface area (Å²) in [5.41, 5.74) is 4.80. The first kappa shape index (κ1) is 22.8. The van der Waals surface area contributed by atoms with E-state index in [2.05, 4.69) is 50.1 Å². The van der Waals surface area contributed by atoms with Crippen LogP contribution in [-0.4, -0.2) is 26.4 Å². The Hall–Kier alpha value is -3.36. The first-order valence-corrected chi connectivity index (χ1v) is 11.3. The molecule has 0 spiro atoms. The molecule has 2 N–H and O–H groups in total. The van der Waals surface area contributed by atoms with Gasteiger partial charge < -0.3 is 10.4 Å². The van der Waals surface area contributed by atoms with Crippen molar-refractivity contribution in [2.24, 2.45) is 5.41 Å². The molecule has 0 saturated heterocycles. The maximum atomic E-state index is 13.1. The van der Waals surface area contributed by atoms with Crippen molar-refractivity contribution in [2.75, 3.05) is 0 Å². The van der Waals surface area contributed by atoms with Crippen LogP contribution in [0.15, 0.2) is 54.7 Å². The Labute approximate surface area is 195 Å². The fourth-order valence-corrected chi connectivity index (χ4v) is 4.35. The summed E-state index contributed by atoms with van der Waals surface area (Å²) in [6, 6.07) is 15.3. The molecule has 1 aliphatic rings. The number of amides is 1. The second-order valence-corrected chi connectivity index (χ2v) is 10.2. The highest BCUT2D eigenvalue weighted by Gasteiger charge is 2.36. The van der Waals surface area contributed by atoms with Gasteiger partial charge in [-0.1, -0.05) is 43.9 Å². The monoisotopic (exact) mass is 441 g/mol. The minimum Gasteiger partial charge on any atom is -0.378 e. The lowest BCUT2D eigenvalue weighted by molar-refractivity contribution is 0.0919. The minimum absolute atomic E-state index is 0.0297. The van der Waals surface area contributed by atoms with Crippen LogP contribution in [0.5, 0.6) is 0 Å². The molecule has 1 atom stereocenters. The summed E-state index contributed by atoms with van der Waals surface area (Å²) in [4.78, 5) is 13.1. The maximum Gasteiger partial charge on any atom is 0.251 e. The number of para-hydroxylation sites is 1. The molecule has 5 nitrogen and oxygen atoms in total. The Kier molecular flexibility index (Phi) is 5.90. The zero-order valence-corrected chi connectivity index (χ0v) is 19.9. The van der Waals surface area contributed by atoms with E-state index in [1.807, 2.05) is 23.0 Å². The number of fused-ring (bicyclic) bond motifs is 1. The van der Waals surface area contributed by atoms with Crippen LogP contribution in [0.3, 0.4) is 0 Å². The molecule has 1 aromatic heterocycles. The Morgan fingerprint density at radius 3 is 2.55 bits per heavy atom. The predicted molar refractivity (Wildman–Crippen MR) is 130 cm³/mol. The van der Waals surface area contributed by atoms with Crippen molar-refractivity contribution >= 4 is 5.91 Å². The van der Waals surface area contributed by atoms with Crippen LogP contribution >= 0.6 is 0 Å². The highest BCUT2D eigenvalue weighted by atomic mass is 16.3. The van der Waals surface area contributed by atoms with Crippen molar-refractivity contribution in [1.82, 2.24) is 15.1 Å². The highest BCUT2D eigenvalue weighted by molar-refractivity contribution is 5.94. The van der Waals surface area contributed by atoms with Gasteiger partial charge in [0.2, 0.25) is 0 Å². The van der Waals surface area contributed by atoms with Crippen molar-refractivity contribution in [3.05, 3.63) is 82.7 Å². The van der Waals surface area contributed by atoms with E-state index in [0.717, 1.165) is 35.3 Å². The first-order valence-electron chi connectivity index (χ1n) is 11.3. The van der Waals surface area contributed by atoms with Gasteiger partial charge in [-0.3, -0.25) is 4.79 Å². The number of hydrogen-bond acceptors (Lipinski definition) is 3. The summed E-state index contributed by atoms with van der Waals surface area (Å²) in [6.07, 6.45) is 3.65. The summed E-state index contributed by atoms with van der Waals surface area (Å²) >= 11 is 0. The van der Waals surface area contributed by atoms with Gasteiger partial charge in [-0.2, -0.15) is 5.10 Å². The van der Waals surface area contributed by atoms with E-state index >= 15 is 0 Å². The van der Waals surface area contributed by atoms with E-state index in [1.54, 1.807) is 38.1 Å². The smallest absolute Gasteiger partial charge is 0.251 e. The van der Waals surface area contributed by atoms with Crippen molar-refractivity contribution in [2.45, 2.75) is 59.1 Å². The van der Waals surface area contributed by atoms with Crippen LogP contribution in [-0.2, 0) is 6.42 Å². The van der Waals surface area contributed by atoms with Crippen molar-refractivity contribution < 1.29 is 9.90 Å². The predicted octanol–water partition coefficient (Wildman–Crippen LogP) is 4.75. The van der Waals surface area contributed by atoms with Crippen LogP contribution in [0.2, 0.25) is 0 Å². The van der Waals surface area contributed by atoms with E-state index in [0.29, 0.717) is 5.56 Å². The molecule has 1 amide bonds. The van der Waals surface area contributed by atoms with Crippen LogP contribution < -0.4 is 5.32 Å². The second kappa shape index (κ2) is 8.53. The molecular formula is C28H31N3O2. The number of nitrogens with one attached hydrogen (secondary N) is 1. The molecule has 0 saturated carbocycles. The summed E-state index contributed by atoms with van der Waals surface area (Å²) in [5.74, 6) is 5.61. The van der Waals surface area contributed by atoms with E-state index < -0.39 is 5.60 Å². The average molecular weight is 442 g/mol.